The monoisotopic (exact) mass is 394 g/mol. The lowest BCUT2D eigenvalue weighted by Crippen LogP contribution is -2.50. The zero-order valence-electron chi connectivity index (χ0n) is 14.2. The van der Waals surface area contributed by atoms with Crippen molar-refractivity contribution in [1.29, 1.82) is 0 Å². The Morgan fingerprint density at radius 2 is 2.04 bits per heavy atom. The predicted octanol–water partition coefficient (Wildman–Crippen LogP) is 3.00. The number of carbonyl (C=O) groups excluding carboxylic acids is 2. The molecule has 1 aromatic heterocycles. The van der Waals surface area contributed by atoms with Gasteiger partial charge < -0.3 is 15.3 Å². The molecule has 2 heterocycles. The molecular formula is C18H19ClN2O4S. The Morgan fingerprint density at radius 1 is 1.31 bits per heavy atom. The van der Waals surface area contributed by atoms with E-state index in [9.17, 15) is 14.4 Å². The van der Waals surface area contributed by atoms with Crippen molar-refractivity contribution in [3.8, 4) is 0 Å². The molecule has 138 valence electrons. The lowest BCUT2D eigenvalue weighted by Gasteiger charge is -2.36. The number of aliphatic carboxylic acids is 1. The van der Waals surface area contributed by atoms with Gasteiger partial charge in [0, 0.05) is 22.7 Å². The van der Waals surface area contributed by atoms with E-state index >= 15 is 0 Å². The molecule has 1 fully saturated rings. The van der Waals surface area contributed by atoms with E-state index in [2.05, 4.69) is 5.32 Å². The molecule has 1 aromatic carbocycles. The van der Waals surface area contributed by atoms with Crippen LogP contribution in [0, 0.1) is 5.92 Å². The third-order valence-electron chi connectivity index (χ3n) is 4.69. The van der Waals surface area contributed by atoms with Crippen LogP contribution in [0.2, 0.25) is 5.02 Å². The summed E-state index contributed by atoms with van der Waals surface area (Å²) in [7, 11) is 0. The highest BCUT2D eigenvalue weighted by atomic mass is 35.5. The summed E-state index contributed by atoms with van der Waals surface area (Å²) in [6, 6.07) is 7.41. The van der Waals surface area contributed by atoms with E-state index in [0.717, 1.165) is 10.1 Å². The Kier molecular flexibility index (Phi) is 5.48. The normalized spacial score (nSPS) is 20.2. The third kappa shape index (κ3) is 3.68. The summed E-state index contributed by atoms with van der Waals surface area (Å²) in [5.74, 6) is -2.13. The Morgan fingerprint density at radius 3 is 2.73 bits per heavy atom. The van der Waals surface area contributed by atoms with Crippen LogP contribution in [0.3, 0.4) is 0 Å². The first-order valence-electron chi connectivity index (χ1n) is 8.36. The second kappa shape index (κ2) is 7.63. The van der Waals surface area contributed by atoms with E-state index in [4.69, 9.17) is 16.7 Å². The lowest BCUT2D eigenvalue weighted by molar-refractivity contribution is -0.146. The van der Waals surface area contributed by atoms with E-state index in [-0.39, 0.29) is 25.0 Å². The first kappa shape index (κ1) is 18.7. The van der Waals surface area contributed by atoms with Crippen LogP contribution in [0.4, 0.5) is 0 Å². The number of hydrogen-bond donors (Lipinski definition) is 2. The topological polar surface area (TPSA) is 86.7 Å². The van der Waals surface area contributed by atoms with Crippen molar-refractivity contribution >= 4 is 50.8 Å². The molecule has 1 aliphatic rings. The number of nitrogens with one attached hydrogen (secondary N) is 1. The standard InChI is InChI=1S/C18H19ClN2O4S/c1-10-6-7-11(18(24)25)9-21(10)14(22)8-20-17(23)16-15(19)12-4-2-3-5-13(12)26-16/h2-5,10-11H,6-9H2,1H3,(H,20,23)(H,24,25). The maximum Gasteiger partial charge on any atom is 0.308 e. The summed E-state index contributed by atoms with van der Waals surface area (Å²) < 4.78 is 0.905. The summed E-state index contributed by atoms with van der Waals surface area (Å²) in [4.78, 5) is 38.0. The van der Waals surface area contributed by atoms with Crippen LogP contribution in [0.15, 0.2) is 24.3 Å². The molecule has 1 saturated heterocycles. The van der Waals surface area contributed by atoms with Crippen LogP contribution in [0.5, 0.6) is 0 Å². The molecule has 3 rings (SSSR count). The van der Waals surface area contributed by atoms with Gasteiger partial charge in [0.15, 0.2) is 0 Å². The van der Waals surface area contributed by atoms with E-state index in [1.165, 1.54) is 16.2 Å². The molecule has 1 aliphatic heterocycles. The molecule has 0 aliphatic carbocycles. The minimum Gasteiger partial charge on any atom is -0.481 e. The van der Waals surface area contributed by atoms with Crippen molar-refractivity contribution < 1.29 is 19.5 Å². The highest BCUT2D eigenvalue weighted by Gasteiger charge is 2.32. The summed E-state index contributed by atoms with van der Waals surface area (Å²) in [6.45, 7) is 1.88. The number of piperidine rings is 1. The second-order valence-corrected chi connectivity index (χ2v) is 7.86. The average Bonchev–Trinajstić information content (AvgIpc) is 2.97. The van der Waals surface area contributed by atoms with Gasteiger partial charge >= 0.3 is 5.97 Å². The van der Waals surface area contributed by atoms with Crippen LogP contribution in [-0.2, 0) is 9.59 Å². The summed E-state index contributed by atoms with van der Waals surface area (Å²) >= 11 is 7.56. The van der Waals surface area contributed by atoms with Crippen LogP contribution < -0.4 is 5.32 Å². The molecule has 2 N–H and O–H groups in total. The van der Waals surface area contributed by atoms with Gasteiger partial charge in [0.25, 0.3) is 5.91 Å². The van der Waals surface area contributed by atoms with Crippen molar-refractivity contribution in [1.82, 2.24) is 10.2 Å². The van der Waals surface area contributed by atoms with E-state index < -0.39 is 17.8 Å². The highest BCUT2D eigenvalue weighted by Crippen LogP contribution is 2.35. The average molecular weight is 395 g/mol. The van der Waals surface area contributed by atoms with Gasteiger partial charge in [-0.2, -0.15) is 0 Å². The molecule has 6 nitrogen and oxygen atoms in total. The van der Waals surface area contributed by atoms with Gasteiger partial charge in [-0.05, 0) is 25.8 Å². The van der Waals surface area contributed by atoms with Crippen LogP contribution in [0.1, 0.15) is 29.4 Å². The van der Waals surface area contributed by atoms with Gasteiger partial charge in [0.2, 0.25) is 5.91 Å². The van der Waals surface area contributed by atoms with Crippen molar-refractivity contribution in [2.24, 2.45) is 5.92 Å². The number of carbonyl (C=O) groups is 3. The van der Waals surface area contributed by atoms with Gasteiger partial charge in [-0.25, -0.2) is 0 Å². The van der Waals surface area contributed by atoms with Crippen molar-refractivity contribution in [3.05, 3.63) is 34.2 Å². The number of rotatable bonds is 4. The Bertz CT molecular complexity index is 866. The number of likely N-dealkylation sites (tertiary alicyclic amines) is 1. The molecule has 0 radical (unpaired) electrons. The van der Waals surface area contributed by atoms with Crippen LogP contribution in [-0.4, -0.2) is 46.9 Å². The van der Waals surface area contributed by atoms with Gasteiger partial charge in [-0.15, -0.1) is 11.3 Å². The highest BCUT2D eigenvalue weighted by molar-refractivity contribution is 7.21. The quantitative estimate of drug-likeness (QED) is 0.834. The summed E-state index contributed by atoms with van der Waals surface area (Å²) in [5.41, 5.74) is 0. The molecule has 8 heteroatoms. The molecule has 2 aromatic rings. The van der Waals surface area contributed by atoms with Gasteiger partial charge in [-0.1, -0.05) is 29.8 Å². The Balaban J connectivity index is 1.65. The minimum atomic E-state index is -0.893. The largest absolute Gasteiger partial charge is 0.481 e. The van der Waals surface area contributed by atoms with Crippen LogP contribution in [0.25, 0.3) is 10.1 Å². The molecule has 2 atom stereocenters. The number of thiophene rings is 1. The number of amides is 2. The second-order valence-electron chi connectivity index (χ2n) is 6.43. The molecule has 0 bridgehead atoms. The maximum atomic E-state index is 12.5. The molecule has 2 unspecified atom stereocenters. The number of benzene rings is 1. The zero-order valence-corrected chi connectivity index (χ0v) is 15.8. The number of hydrogen-bond acceptors (Lipinski definition) is 4. The van der Waals surface area contributed by atoms with E-state index in [0.29, 0.717) is 22.7 Å². The fraction of sp³-hybridized carbons (Fsp3) is 0.389. The maximum absolute atomic E-state index is 12.5. The predicted molar refractivity (Wildman–Crippen MR) is 101 cm³/mol. The fourth-order valence-electron chi connectivity index (χ4n) is 3.15. The molecule has 2 amide bonds. The van der Waals surface area contributed by atoms with Crippen LogP contribution >= 0.6 is 22.9 Å². The van der Waals surface area contributed by atoms with Crippen molar-refractivity contribution in [3.63, 3.8) is 0 Å². The summed E-state index contributed by atoms with van der Waals surface area (Å²) in [5, 5.41) is 13.0. The molecule has 0 spiro atoms. The molecule has 0 saturated carbocycles. The van der Waals surface area contributed by atoms with Crippen molar-refractivity contribution in [2.75, 3.05) is 13.1 Å². The summed E-state index contributed by atoms with van der Waals surface area (Å²) in [6.07, 6.45) is 1.20. The smallest absolute Gasteiger partial charge is 0.308 e. The van der Waals surface area contributed by atoms with Gasteiger partial charge in [-0.3, -0.25) is 14.4 Å². The number of carboxylic acid groups (broad SMARTS) is 1. The van der Waals surface area contributed by atoms with Gasteiger partial charge in [0.1, 0.15) is 4.88 Å². The Hall–Kier alpha value is -2.12. The minimum absolute atomic E-state index is 0.0390. The SMILES string of the molecule is CC1CCC(C(=O)O)CN1C(=O)CNC(=O)c1sc2ccccc2c1Cl. The fourth-order valence-corrected chi connectivity index (χ4v) is 4.59. The Labute approximate surface area is 159 Å². The number of fused-ring (bicyclic) bond motifs is 1. The number of nitrogens with zero attached hydrogens (tertiary/aromatic N) is 1. The zero-order chi connectivity index (χ0) is 18.8. The van der Waals surface area contributed by atoms with Gasteiger partial charge in [0.05, 0.1) is 17.5 Å². The number of carboxylic acids is 1. The van der Waals surface area contributed by atoms with E-state index in [1.54, 1.807) is 0 Å². The van der Waals surface area contributed by atoms with Crippen molar-refractivity contribution in [2.45, 2.75) is 25.8 Å². The number of halogens is 1. The first-order valence-corrected chi connectivity index (χ1v) is 9.55. The third-order valence-corrected chi connectivity index (χ3v) is 6.37. The van der Waals surface area contributed by atoms with E-state index in [1.807, 2.05) is 31.2 Å². The molecule has 26 heavy (non-hydrogen) atoms. The molecular weight excluding hydrogens is 376 g/mol. The lowest BCUT2D eigenvalue weighted by atomic mass is 9.93. The first-order chi connectivity index (χ1) is 12.4.